The monoisotopic (exact) mass is 536 g/mol. The van der Waals surface area contributed by atoms with E-state index in [-0.39, 0.29) is 12.5 Å². The van der Waals surface area contributed by atoms with Crippen molar-refractivity contribution < 1.29 is 9.47 Å². The summed E-state index contributed by atoms with van der Waals surface area (Å²) < 4.78 is 13.6. The Morgan fingerprint density at radius 2 is 0.923 bits per heavy atom. The fourth-order valence-corrected chi connectivity index (χ4v) is 7.09. The van der Waals surface area contributed by atoms with Crippen molar-refractivity contribution in [2.45, 2.75) is 26.3 Å². The summed E-state index contributed by atoms with van der Waals surface area (Å²) in [6.07, 6.45) is -0.188. The first-order valence-electron chi connectivity index (χ1n) is 13.4. The highest BCUT2D eigenvalue weighted by Crippen LogP contribution is 2.44. The lowest BCUT2D eigenvalue weighted by molar-refractivity contribution is 0.0840. The minimum absolute atomic E-state index is 0.0942. The van der Waals surface area contributed by atoms with Crippen molar-refractivity contribution in [2.24, 2.45) is 0 Å². The van der Waals surface area contributed by atoms with Crippen LogP contribution in [0.5, 0.6) is 11.5 Å². The summed E-state index contributed by atoms with van der Waals surface area (Å²) in [4.78, 5) is 4.19. The Balaban J connectivity index is 1.82. The first-order chi connectivity index (χ1) is 18.8. The van der Waals surface area contributed by atoms with E-state index in [0.29, 0.717) is 0 Å². The summed E-state index contributed by atoms with van der Waals surface area (Å²) in [5.74, 6) is 1.87. The predicted octanol–water partition coefficient (Wildman–Crippen LogP) is 6.32. The third kappa shape index (κ3) is 5.65. The highest BCUT2D eigenvalue weighted by atomic mass is 31.1. The fourth-order valence-electron chi connectivity index (χ4n) is 4.60. The van der Waals surface area contributed by atoms with Crippen LogP contribution in [0.3, 0.4) is 0 Å². The average Bonchev–Trinajstić information content (AvgIpc) is 2.95. The van der Waals surface area contributed by atoms with E-state index >= 15 is 0 Å². The van der Waals surface area contributed by atoms with Gasteiger partial charge in [0, 0.05) is 21.4 Å². The van der Waals surface area contributed by atoms with Gasteiger partial charge in [-0.2, -0.15) is 0 Å². The van der Waals surface area contributed by atoms with E-state index in [4.69, 9.17) is 9.47 Å². The van der Waals surface area contributed by atoms with Crippen LogP contribution in [0.4, 0.5) is 0 Å². The van der Waals surface area contributed by atoms with Gasteiger partial charge in [-0.25, -0.2) is 0 Å². The lowest BCUT2D eigenvalue weighted by Crippen LogP contribution is -2.34. The largest absolute Gasteiger partial charge is 0.474 e. The van der Waals surface area contributed by atoms with Crippen LogP contribution in [0.1, 0.15) is 13.8 Å². The summed E-state index contributed by atoms with van der Waals surface area (Å²) in [6, 6.07) is 36.7. The van der Waals surface area contributed by atoms with Crippen LogP contribution in [-0.2, 0) is 0 Å². The van der Waals surface area contributed by atoms with Crippen molar-refractivity contribution in [1.29, 1.82) is 0 Å². The Kier molecular flexibility index (Phi) is 8.18. The first-order valence-corrected chi connectivity index (χ1v) is 14.7. The number of benzene rings is 5. The summed E-state index contributed by atoms with van der Waals surface area (Å²) in [7, 11) is 7.18. The molecule has 5 rings (SSSR count). The normalized spacial score (nSPS) is 14.1. The van der Waals surface area contributed by atoms with Crippen LogP contribution in [0, 0.1) is 0 Å². The van der Waals surface area contributed by atoms with Gasteiger partial charge in [0.05, 0.1) is 0 Å². The molecule has 0 heterocycles. The first kappa shape index (κ1) is 27.1. The highest BCUT2D eigenvalue weighted by Gasteiger charge is 2.28. The zero-order valence-corrected chi connectivity index (χ0v) is 24.5. The molecule has 200 valence electrons. The molecule has 0 bridgehead atoms. The van der Waals surface area contributed by atoms with Crippen molar-refractivity contribution in [3.63, 3.8) is 0 Å². The molecule has 5 aromatic carbocycles. The second-order valence-corrected chi connectivity index (χ2v) is 12.5. The van der Waals surface area contributed by atoms with Gasteiger partial charge in [-0.05, 0) is 78.2 Å². The lowest BCUT2D eigenvalue weighted by atomic mass is 10.1. The number of fused-ring (bicyclic) bond motifs is 2. The Morgan fingerprint density at radius 3 is 1.36 bits per heavy atom. The average molecular weight is 537 g/mol. The molecule has 0 saturated carbocycles. The van der Waals surface area contributed by atoms with Crippen LogP contribution in [0.25, 0.3) is 21.5 Å². The van der Waals surface area contributed by atoms with E-state index in [1.54, 1.807) is 0 Å². The minimum Gasteiger partial charge on any atom is -0.474 e. The summed E-state index contributed by atoms with van der Waals surface area (Å²) in [5, 5.41) is 8.20. The molecule has 0 amide bonds. The molecule has 2 unspecified atom stereocenters. The Morgan fingerprint density at radius 1 is 0.513 bits per heavy atom. The van der Waals surface area contributed by atoms with Gasteiger partial charge in [0.1, 0.15) is 24.0 Å². The molecule has 4 nitrogen and oxygen atoms in total. The van der Waals surface area contributed by atoms with Gasteiger partial charge in [-0.1, -0.05) is 91.0 Å². The Labute approximate surface area is 233 Å². The molecule has 0 spiro atoms. The summed E-state index contributed by atoms with van der Waals surface area (Å²) in [5.41, 5.74) is 0. The molecule has 0 aliphatic rings. The second-order valence-electron chi connectivity index (χ2n) is 10.3. The van der Waals surface area contributed by atoms with E-state index in [2.05, 4.69) is 127 Å². The molecule has 39 heavy (non-hydrogen) atoms. The molecule has 0 saturated heterocycles. The topological polar surface area (TPSA) is 24.9 Å². The van der Waals surface area contributed by atoms with E-state index in [9.17, 15) is 0 Å². The van der Waals surface area contributed by atoms with Crippen molar-refractivity contribution in [3.8, 4) is 11.5 Å². The Bertz CT molecular complexity index is 1470. The third-order valence-corrected chi connectivity index (χ3v) is 9.73. The smallest absolute Gasteiger partial charge is 0.149 e. The van der Waals surface area contributed by atoms with Crippen LogP contribution in [0.2, 0.25) is 0 Å². The van der Waals surface area contributed by atoms with Gasteiger partial charge in [0.2, 0.25) is 0 Å². The second kappa shape index (κ2) is 11.8. The molecule has 5 aromatic rings. The van der Waals surface area contributed by atoms with Gasteiger partial charge in [-0.15, -0.1) is 0 Å². The van der Waals surface area contributed by atoms with Gasteiger partial charge < -0.3 is 9.47 Å². The quantitative estimate of drug-likeness (QED) is 0.163. The summed E-state index contributed by atoms with van der Waals surface area (Å²) in [6.45, 7) is 4.19. The number of hydrogen-bond acceptors (Lipinski definition) is 4. The molecular formula is C34H37N2O2P. The zero-order chi connectivity index (χ0) is 27.5. The van der Waals surface area contributed by atoms with Gasteiger partial charge >= 0.3 is 0 Å². The maximum atomic E-state index is 6.78. The molecule has 2 atom stereocenters. The molecule has 0 aliphatic heterocycles. The van der Waals surface area contributed by atoms with Crippen molar-refractivity contribution in [2.75, 3.05) is 28.2 Å². The van der Waals surface area contributed by atoms with Gasteiger partial charge in [0.25, 0.3) is 0 Å². The van der Waals surface area contributed by atoms with Crippen molar-refractivity contribution >= 4 is 45.4 Å². The standard InChI is InChI=1S/C34H37N2O2P/c1-24(35(3)4)37-33-29-18-12-10-14-26(29)20-22-31(33)39(28-16-8-7-9-17-28)32-23-21-27-15-11-13-19-30(27)34(32)38-25(2)36(5)6/h7-25H,1-6H3. The van der Waals surface area contributed by atoms with Gasteiger partial charge in [-0.3, -0.25) is 9.80 Å². The van der Waals surface area contributed by atoms with Crippen LogP contribution in [0.15, 0.2) is 103 Å². The SMILES string of the molecule is CC(Oc1c(P(c2ccccc2)c2ccc3ccccc3c2OC(C)N(C)C)ccc2ccccc12)N(C)C. The predicted molar refractivity (Wildman–Crippen MR) is 168 cm³/mol. The lowest BCUT2D eigenvalue weighted by Gasteiger charge is -2.30. The number of rotatable bonds is 9. The van der Waals surface area contributed by atoms with Crippen LogP contribution >= 0.6 is 7.92 Å². The van der Waals surface area contributed by atoms with Crippen LogP contribution in [-0.4, -0.2) is 50.4 Å². The molecule has 0 aromatic heterocycles. The third-order valence-electron chi connectivity index (χ3n) is 7.25. The molecule has 5 heteroatoms. The fraction of sp³-hybridized carbons (Fsp3) is 0.235. The van der Waals surface area contributed by atoms with Crippen molar-refractivity contribution in [3.05, 3.63) is 103 Å². The molecule has 0 N–H and O–H groups in total. The van der Waals surface area contributed by atoms with E-state index < -0.39 is 7.92 Å². The molecule has 0 radical (unpaired) electrons. The van der Waals surface area contributed by atoms with E-state index in [1.165, 1.54) is 26.7 Å². The van der Waals surface area contributed by atoms with Crippen molar-refractivity contribution in [1.82, 2.24) is 9.80 Å². The molecule has 0 aliphatic carbocycles. The number of hydrogen-bond donors (Lipinski definition) is 0. The Hall–Kier alpha value is -3.43. The summed E-state index contributed by atoms with van der Waals surface area (Å²) >= 11 is 0. The minimum atomic E-state index is -1.02. The molecule has 0 fully saturated rings. The number of nitrogens with zero attached hydrogens (tertiary/aromatic N) is 2. The van der Waals surface area contributed by atoms with E-state index in [1.807, 2.05) is 28.2 Å². The van der Waals surface area contributed by atoms with E-state index in [0.717, 1.165) is 22.3 Å². The number of ether oxygens (including phenoxy) is 2. The highest BCUT2D eigenvalue weighted by molar-refractivity contribution is 7.80. The van der Waals surface area contributed by atoms with Gasteiger partial charge in [0.15, 0.2) is 0 Å². The molecular weight excluding hydrogens is 499 g/mol. The van der Waals surface area contributed by atoms with Crippen LogP contribution < -0.4 is 25.4 Å². The zero-order valence-electron chi connectivity index (χ0n) is 23.6. The maximum Gasteiger partial charge on any atom is 0.149 e. The maximum absolute atomic E-state index is 6.78.